The summed E-state index contributed by atoms with van der Waals surface area (Å²) in [4.78, 5) is 59.0. The predicted octanol–water partition coefficient (Wildman–Crippen LogP) is 1.58. The predicted molar refractivity (Wildman–Crippen MR) is 125 cm³/mol. The Bertz CT molecular complexity index is 1060. The zero-order valence-electron chi connectivity index (χ0n) is 20.8. The van der Waals surface area contributed by atoms with E-state index in [9.17, 15) is 19.2 Å². The molecule has 35 heavy (non-hydrogen) atoms. The number of likely N-dealkylation sites (N-methyl/N-ethyl adjacent to an activating group) is 1. The van der Waals surface area contributed by atoms with Gasteiger partial charge in [0.1, 0.15) is 23.4 Å². The zero-order valence-corrected chi connectivity index (χ0v) is 20.8. The number of nitrogens with two attached hydrogens (primary N) is 1. The molecule has 1 saturated carbocycles. The monoisotopic (exact) mass is 487 g/mol. The summed E-state index contributed by atoms with van der Waals surface area (Å²) in [5, 5.41) is 2.79. The molecular formula is C24H33N5O6. The van der Waals surface area contributed by atoms with Crippen LogP contribution in [0.2, 0.25) is 0 Å². The summed E-state index contributed by atoms with van der Waals surface area (Å²) in [6, 6.07) is -0.207. The normalized spacial score (nSPS) is 24.3. The summed E-state index contributed by atoms with van der Waals surface area (Å²) < 4.78 is 11.5. The number of rotatable bonds is 5. The minimum atomic E-state index is -1.51. The first-order valence-corrected chi connectivity index (χ1v) is 11.8. The molecule has 4 rings (SSSR count). The van der Waals surface area contributed by atoms with Crippen LogP contribution >= 0.6 is 0 Å². The maximum atomic E-state index is 13.8. The van der Waals surface area contributed by atoms with Gasteiger partial charge < -0.3 is 25.4 Å². The molecule has 3 heterocycles. The third kappa shape index (κ3) is 5.03. The molecule has 2 fully saturated rings. The van der Waals surface area contributed by atoms with Crippen LogP contribution in [0.4, 0.5) is 10.5 Å². The quantitative estimate of drug-likeness (QED) is 0.641. The van der Waals surface area contributed by atoms with Crippen molar-refractivity contribution in [3.05, 3.63) is 17.8 Å². The largest absolute Gasteiger partial charge is 0.457 e. The van der Waals surface area contributed by atoms with Crippen LogP contribution in [0.3, 0.4) is 0 Å². The van der Waals surface area contributed by atoms with Crippen molar-refractivity contribution in [2.24, 2.45) is 11.7 Å². The second-order valence-corrected chi connectivity index (χ2v) is 10.8. The van der Waals surface area contributed by atoms with Crippen molar-refractivity contribution in [2.75, 3.05) is 18.9 Å². The molecular weight excluding hydrogens is 454 g/mol. The Morgan fingerprint density at radius 1 is 1.37 bits per heavy atom. The highest BCUT2D eigenvalue weighted by atomic mass is 16.6. The lowest BCUT2D eigenvalue weighted by atomic mass is 9.97. The van der Waals surface area contributed by atoms with Gasteiger partial charge in [0.15, 0.2) is 0 Å². The molecule has 2 aliphatic heterocycles. The number of amides is 4. The maximum absolute atomic E-state index is 13.8. The van der Waals surface area contributed by atoms with Crippen LogP contribution in [-0.4, -0.2) is 75.5 Å². The fraction of sp³-hybridized carbons (Fsp3) is 0.625. The summed E-state index contributed by atoms with van der Waals surface area (Å²) in [5.74, 6) is -1.18. The summed E-state index contributed by atoms with van der Waals surface area (Å²) in [6.45, 7) is 6.89. The highest BCUT2D eigenvalue weighted by Gasteiger charge is 2.58. The van der Waals surface area contributed by atoms with Gasteiger partial charge in [-0.3, -0.25) is 19.3 Å². The van der Waals surface area contributed by atoms with Gasteiger partial charge in [0.2, 0.25) is 23.3 Å². The number of carbonyl (C=O) groups is 4. The van der Waals surface area contributed by atoms with Crippen LogP contribution in [0.15, 0.2) is 12.3 Å². The summed E-state index contributed by atoms with van der Waals surface area (Å²) in [6.07, 6.45) is 3.21. The van der Waals surface area contributed by atoms with E-state index in [2.05, 4.69) is 10.3 Å². The number of aromatic nitrogens is 1. The van der Waals surface area contributed by atoms with Crippen molar-refractivity contribution >= 4 is 29.5 Å². The Morgan fingerprint density at radius 3 is 2.66 bits per heavy atom. The number of nitrogens with zero attached hydrogens (tertiary/aromatic N) is 3. The molecule has 4 amide bonds. The van der Waals surface area contributed by atoms with E-state index in [1.165, 1.54) is 16.8 Å². The molecule has 11 heteroatoms. The van der Waals surface area contributed by atoms with Gasteiger partial charge in [-0.05, 0) is 51.7 Å². The van der Waals surface area contributed by atoms with E-state index in [4.69, 9.17) is 15.2 Å². The molecule has 1 aromatic heterocycles. The third-order valence-corrected chi connectivity index (χ3v) is 6.57. The Morgan fingerprint density at radius 2 is 2.06 bits per heavy atom. The van der Waals surface area contributed by atoms with E-state index >= 15 is 0 Å². The topological polar surface area (TPSA) is 144 Å². The number of likely N-dealkylation sites (tertiary alicyclic amines) is 1. The van der Waals surface area contributed by atoms with Gasteiger partial charge in [0.25, 0.3) is 5.91 Å². The molecule has 11 nitrogen and oxygen atoms in total. The molecule has 0 radical (unpaired) electrons. The summed E-state index contributed by atoms with van der Waals surface area (Å²) in [5.41, 5.74) is 4.69. The lowest BCUT2D eigenvalue weighted by molar-refractivity contribution is -0.142. The van der Waals surface area contributed by atoms with Crippen LogP contribution in [0.25, 0.3) is 0 Å². The van der Waals surface area contributed by atoms with E-state index < -0.39 is 47.1 Å². The van der Waals surface area contributed by atoms with Crippen molar-refractivity contribution in [1.29, 1.82) is 0 Å². The summed E-state index contributed by atoms with van der Waals surface area (Å²) >= 11 is 0. The average molecular weight is 488 g/mol. The van der Waals surface area contributed by atoms with E-state index in [-0.39, 0.29) is 18.8 Å². The molecule has 1 aromatic rings. The molecule has 1 aliphatic carbocycles. The minimum Gasteiger partial charge on any atom is -0.457 e. The van der Waals surface area contributed by atoms with E-state index in [1.807, 2.05) is 6.92 Å². The second kappa shape index (κ2) is 8.69. The molecule has 0 bridgehead atoms. The molecule has 1 saturated heterocycles. The number of ether oxygens (including phenoxy) is 2. The fourth-order valence-corrected chi connectivity index (χ4v) is 4.54. The van der Waals surface area contributed by atoms with E-state index in [0.717, 1.165) is 18.4 Å². The molecule has 3 atom stereocenters. The van der Waals surface area contributed by atoms with E-state index in [0.29, 0.717) is 18.0 Å². The molecule has 0 aromatic carbocycles. The van der Waals surface area contributed by atoms with Crippen molar-refractivity contribution in [1.82, 2.24) is 14.8 Å². The highest BCUT2D eigenvalue weighted by Crippen LogP contribution is 2.41. The number of hydrogen-bond acceptors (Lipinski definition) is 7. The lowest BCUT2D eigenvalue weighted by Crippen LogP contribution is -2.56. The molecule has 3 N–H and O–H groups in total. The Labute approximate surface area is 204 Å². The van der Waals surface area contributed by atoms with Crippen LogP contribution in [-0.2, 0) is 19.1 Å². The van der Waals surface area contributed by atoms with Gasteiger partial charge in [-0.2, -0.15) is 0 Å². The van der Waals surface area contributed by atoms with Crippen molar-refractivity contribution in [2.45, 2.75) is 76.7 Å². The lowest BCUT2D eigenvalue weighted by Gasteiger charge is -2.35. The number of nitrogens with one attached hydrogen (secondary N) is 1. The Kier molecular flexibility index (Phi) is 6.14. The van der Waals surface area contributed by atoms with Crippen molar-refractivity contribution in [3.63, 3.8) is 0 Å². The number of pyridine rings is 1. The van der Waals surface area contributed by atoms with Gasteiger partial charge >= 0.3 is 6.09 Å². The van der Waals surface area contributed by atoms with Crippen LogP contribution in [0, 0.1) is 12.8 Å². The number of primary amides is 1. The minimum absolute atomic E-state index is 0.110. The number of hydrogen-bond donors (Lipinski definition) is 2. The summed E-state index contributed by atoms with van der Waals surface area (Å²) in [7, 11) is 1.51. The Balaban J connectivity index is 1.61. The molecule has 3 aliphatic rings. The van der Waals surface area contributed by atoms with Gasteiger partial charge in [-0.15, -0.1) is 0 Å². The first-order valence-electron chi connectivity index (χ1n) is 11.8. The number of fused-ring (bicyclic) bond motifs is 1. The number of aryl methyl sites for hydroxylation is 1. The molecule has 190 valence electrons. The van der Waals surface area contributed by atoms with Crippen LogP contribution < -0.4 is 15.8 Å². The maximum Gasteiger partial charge on any atom is 0.410 e. The second-order valence-electron chi connectivity index (χ2n) is 10.8. The van der Waals surface area contributed by atoms with E-state index in [1.54, 1.807) is 33.0 Å². The smallest absolute Gasteiger partial charge is 0.410 e. The van der Waals surface area contributed by atoms with Gasteiger partial charge in [-0.25, -0.2) is 9.78 Å². The third-order valence-electron chi connectivity index (χ3n) is 6.57. The van der Waals surface area contributed by atoms with Gasteiger partial charge in [0.05, 0.1) is 6.54 Å². The van der Waals surface area contributed by atoms with Crippen LogP contribution in [0.5, 0.6) is 5.88 Å². The first-order chi connectivity index (χ1) is 16.3. The van der Waals surface area contributed by atoms with Crippen molar-refractivity contribution in [3.8, 4) is 5.88 Å². The van der Waals surface area contributed by atoms with Crippen LogP contribution in [0.1, 0.15) is 52.0 Å². The standard InChI is InChI=1S/C24H33N5O6/c1-13-8-15-19(26-11-13)34-24(21(32)27-15)10-17(18(25)30)29(12-24)20(31)16(9-14-6-7-14)28(5)22(33)35-23(2,3)4/h8,11,14,16-17H,6-7,9-10,12H2,1-5H3,(H2,25,30)(H,27,32)/t16-,17-,24?/m0/s1. The van der Waals surface area contributed by atoms with Gasteiger partial charge in [0, 0.05) is 19.7 Å². The molecule has 1 spiro atoms. The number of anilines is 1. The highest BCUT2D eigenvalue weighted by molar-refractivity contribution is 6.03. The van der Waals surface area contributed by atoms with Gasteiger partial charge in [-0.1, -0.05) is 12.8 Å². The average Bonchev–Trinajstić information content (AvgIpc) is 3.49. The SMILES string of the molecule is Cc1cnc2c(c1)NC(=O)C1(C[C@@H](C(N)=O)N(C(=O)[C@H](CC3CC3)N(C)C(=O)OC(C)(C)C)C1)O2. The fourth-order valence-electron chi connectivity index (χ4n) is 4.54. The van der Waals surface area contributed by atoms with Crippen molar-refractivity contribution < 1.29 is 28.7 Å². The first kappa shape index (κ1) is 24.7. The molecule has 1 unspecified atom stereocenters. The Hall–Kier alpha value is -3.37. The zero-order chi connectivity index (χ0) is 25.7. The number of carbonyl (C=O) groups excluding carboxylic acids is 4.